The van der Waals surface area contributed by atoms with Gasteiger partial charge in [0.2, 0.25) is 0 Å². The van der Waals surface area contributed by atoms with Gasteiger partial charge >= 0.3 is 0 Å². The lowest BCUT2D eigenvalue weighted by molar-refractivity contribution is 0.0537. The van der Waals surface area contributed by atoms with Gasteiger partial charge < -0.3 is 0 Å². The molecule has 0 spiro atoms. The molecule has 25 heavy (non-hydrogen) atoms. The Bertz CT molecular complexity index is 817. The van der Waals surface area contributed by atoms with E-state index in [9.17, 15) is 13.2 Å². The predicted octanol–water partition coefficient (Wildman–Crippen LogP) is 3.12. The third-order valence-electron chi connectivity index (χ3n) is 3.63. The zero-order chi connectivity index (χ0) is 18.3. The number of hydrogen-bond acceptors (Lipinski definition) is 4. The molecule has 0 aromatic heterocycles. The van der Waals surface area contributed by atoms with Crippen LogP contribution in [0, 0.1) is 0 Å². The molecule has 6 nitrogen and oxygen atoms in total. The molecule has 2 rings (SSSR count). The monoisotopic (exact) mass is 362 g/mol. The average molecular weight is 362 g/mol. The number of unbranched alkanes of at least 4 members (excludes halogenated alkanes) is 1. The van der Waals surface area contributed by atoms with E-state index in [1.54, 1.807) is 12.1 Å². The van der Waals surface area contributed by atoms with Crippen LogP contribution in [0.2, 0.25) is 0 Å². The van der Waals surface area contributed by atoms with Crippen molar-refractivity contribution >= 4 is 21.6 Å². The van der Waals surface area contributed by atoms with E-state index in [2.05, 4.69) is 22.0 Å². The van der Waals surface area contributed by atoms with Gasteiger partial charge in [0.1, 0.15) is 0 Å². The van der Waals surface area contributed by atoms with E-state index in [4.69, 9.17) is 0 Å². The van der Waals surface area contributed by atoms with E-state index >= 15 is 0 Å². The maximum atomic E-state index is 12.5. The minimum Gasteiger partial charge on any atom is -0.280 e. The zero-order valence-electron chi connectivity index (χ0n) is 14.3. The van der Waals surface area contributed by atoms with Crippen LogP contribution in [0.4, 0.5) is 5.69 Å². The minimum atomic E-state index is -3.78. The summed E-state index contributed by atoms with van der Waals surface area (Å²) in [5, 5.41) is 0. The van der Waals surface area contributed by atoms with Crippen molar-refractivity contribution in [1.29, 1.82) is 0 Å². The van der Waals surface area contributed by atoms with Crippen LogP contribution in [0.15, 0.2) is 53.4 Å². The van der Waals surface area contributed by atoms with E-state index in [1.165, 1.54) is 36.9 Å². The first-order valence-corrected chi connectivity index (χ1v) is 9.49. The second kappa shape index (κ2) is 8.64. The van der Waals surface area contributed by atoms with Crippen molar-refractivity contribution in [3.63, 3.8) is 0 Å². The maximum absolute atomic E-state index is 12.5. The fourth-order valence-corrected chi connectivity index (χ4v) is 3.39. The first-order valence-electron chi connectivity index (χ1n) is 8.01. The molecule has 0 saturated carbocycles. The van der Waals surface area contributed by atoms with Gasteiger partial charge in [-0.3, -0.25) is 14.4 Å². The first-order chi connectivity index (χ1) is 12.0. The molecule has 1 amide bonds. The Morgan fingerprint density at radius 3 is 2.48 bits per heavy atom. The molecule has 2 N–H and O–H groups in total. The Morgan fingerprint density at radius 2 is 1.84 bits per heavy atom. The Hall–Kier alpha value is -2.38. The summed E-state index contributed by atoms with van der Waals surface area (Å²) in [6.07, 6.45) is 3.18. The third-order valence-corrected chi connectivity index (χ3v) is 5.01. The quantitative estimate of drug-likeness (QED) is 0.707. The van der Waals surface area contributed by atoms with Gasteiger partial charge in [0.15, 0.2) is 0 Å². The number of hydrogen-bond donors (Lipinski definition) is 2. The van der Waals surface area contributed by atoms with Gasteiger partial charge in [-0.25, -0.2) is 13.9 Å². The summed E-state index contributed by atoms with van der Waals surface area (Å²) in [5.74, 6) is -0.514. The van der Waals surface area contributed by atoms with E-state index in [0.717, 1.165) is 19.3 Å². The number of sulfonamides is 1. The second-order valence-electron chi connectivity index (χ2n) is 5.57. The molecule has 0 aliphatic rings. The summed E-state index contributed by atoms with van der Waals surface area (Å²) in [4.78, 5) is 16.3. The summed E-state index contributed by atoms with van der Waals surface area (Å²) in [6.45, 7) is 2.13. The Kier molecular flexibility index (Phi) is 6.55. The number of anilines is 1. The molecular weight excluding hydrogens is 340 g/mol. The maximum Gasteiger partial charge on any atom is 0.274 e. The number of amides is 1. The number of nitrogens with one attached hydrogen (secondary N) is 2. The smallest absolute Gasteiger partial charge is 0.274 e. The largest absolute Gasteiger partial charge is 0.280 e. The summed E-state index contributed by atoms with van der Waals surface area (Å²) in [6, 6.07) is 13.1. The fraction of sp³-hybridized carbons (Fsp3) is 0.278. The lowest BCUT2D eigenvalue weighted by Gasteiger charge is -2.10. The van der Waals surface area contributed by atoms with Crippen molar-refractivity contribution < 1.29 is 18.0 Å². The highest BCUT2D eigenvalue weighted by Gasteiger charge is 2.16. The standard InChI is InChI=1S/C18H22N2O4S/c1-3-4-6-14-9-11-16(12-10-14)20-25(22,23)17-8-5-7-15(13-17)18(21)19-24-2/h5,7-13,20H,3-4,6H2,1-2H3,(H,19,21). The molecule has 7 heteroatoms. The predicted molar refractivity (Wildman–Crippen MR) is 96.8 cm³/mol. The number of aryl methyl sites for hydroxylation is 1. The van der Waals surface area contributed by atoms with Crippen molar-refractivity contribution in [3.05, 3.63) is 59.7 Å². The Balaban J connectivity index is 2.16. The van der Waals surface area contributed by atoms with Crippen molar-refractivity contribution in [1.82, 2.24) is 5.48 Å². The molecule has 2 aromatic carbocycles. The SMILES string of the molecule is CCCCc1ccc(NS(=O)(=O)c2cccc(C(=O)NOC)c2)cc1. The molecule has 0 heterocycles. The van der Waals surface area contributed by atoms with Gasteiger partial charge in [0.05, 0.1) is 12.0 Å². The molecule has 0 aliphatic heterocycles. The van der Waals surface area contributed by atoms with Crippen LogP contribution >= 0.6 is 0 Å². The minimum absolute atomic E-state index is 0.00584. The van der Waals surface area contributed by atoms with Crippen molar-refractivity contribution in [2.75, 3.05) is 11.8 Å². The Morgan fingerprint density at radius 1 is 1.12 bits per heavy atom. The number of hydroxylamine groups is 1. The van der Waals surface area contributed by atoms with Gasteiger partial charge in [-0.1, -0.05) is 31.5 Å². The molecule has 134 valence electrons. The van der Waals surface area contributed by atoms with Gasteiger partial charge in [-0.05, 0) is 48.7 Å². The molecule has 0 aliphatic carbocycles. The normalized spacial score (nSPS) is 11.1. The van der Waals surface area contributed by atoms with Crippen LogP contribution in [-0.2, 0) is 21.3 Å². The van der Waals surface area contributed by atoms with Gasteiger partial charge in [-0.15, -0.1) is 0 Å². The van der Waals surface area contributed by atoms with E-state index in [1.807, 2.05) is 12.1 Å². The van der Waals surface area contributed by atoms with Crippen LogP contribution in [0.3, 0.4) is 0 Å². The van der Waals surface area contributed by atoms with Gasteiger partial charge in [-0.2, -0.15) is 0 Å². The molecule has 0 saturated heterocycles. The Labute approximate surface area is 148 Å². The fourth-order valence-electron chi connectivity index (χ4n) is 2.29. The van der Waals surface area contributed by atoms with Crippen LogP contribution < -0.4 is 10.2 Å². The molecule has 2 aromatic rings. The summed E-state index contributed by atoms with van der Waals surface area (Å²) in [5.41, 5.74) is 4.00. The lowest BCUT2D eigenvalue weighted by Crippen LogP contribution is -2.22. The second-order valence-corrected chi connectivity index (χ2v) is 7.25. The van der Waals surface area contributed by atoms with Crippen molar-refractivity contribution in [2.24, 2.45) is 0 Å². The molecule has 0 fully saturated rings. The summed E-state index contributed by atoms with van der Waals surface area (Å²) >= 11 is 0. The van der Waals surface area contributed by atoms with Crippen molar-refractivity contribution in [3.8, 4) is 0 Å². The number of rotatable bonds is 8. The summed E-state index contributed by atoms with van der Waals surface area (Å²) < 4.78 is 27.6. The van der Waals surface area contributed by atoms with Gasteiger partial charge in [0.25, 0.3) is 15.9 Å². The highest BCUT2D eigenvalue weighted by atomic mass is 32.2. The zero-order valence-corrected chi connectivity index (χ0v) is 15.1. The van der Waals surface area contributed by atoms with Crippen LogP contribution in [0.5, 0.6) is 0 Å². The lowest BCUT2D eigenvalue weighted by atomic mass is 10.1. The number of benzene rings is 2. The van der Waals surface area contributed by atoms with E-state index in [0.29, 0.717) is 5.69 Å². The molecule has 0 radical (unpaired) electrons. The van der Waals surface area contributed by atoms with Crippen LogP contribution in [-0.4, -0.2) is 21.4 Å². The topological polar surface area (TPSA) is 84.5 Å². The van der Waals surface area contributed by atoms with Crippen molar-refractivity contribution in [2.45, 2.75) is 31.1 Å². The van der Waals surface area contributed by atoms with E-state index in [-0.39, 0.29) is 10.5 Å². The highest BCUT2D eigenvalue weighted by molar-refractivity contribution is 7.92. The van der Waals surface area contributed by atoms with Crippen LogP contribution in [0.25, 0.3) is 0 Å². The molecule has 0 atom stereocenters. The average Bonchev–Trinajstić information content (AvgIpc) is 2.61. The number of carbonyl (C=O) groups excluding carboxylic acids is 1. The summed E-state index contributed by atoms with van der Waals surface area (Å²) in [7, 11) is -2.48. The van der Waals surface area contributed by atoms with E-state index < -0.39 is 15.9 Å². The van der Waals surface area contributed by atoms with Gasteiger partial charge in [0, 0.05) is 11.3 Å². The molecule has 0 bridgehead atoms. The first kappa shape index (κ1) is 19.0. The number of carbonyl (C=O) groups is 1. The molecular formula is C18H22N2O4S. The third kappa shape index (κ3) is 5.30. The highest BCUT2D eigenvalue weighted by Crippen LogP contribution is 2.18. The van der Waals surface area contributed by atoms with Crippen LogP contribution in [0.1, 0.15) is 35.7 Å². The molecule has 0 unspecified atom stereocenters.